The minimum Gasteiger partial charge on any atom is -0.328 e. The van der Waals surface area contributed by atoms with Crippen LogP contribution >= 0.6 is 0 Å². The Morgan fingerprint density at radius 3 is 1.33 bits per heavy atom. The van der Waals surface area contributed by atoms with Crippen molar-refractivity contribution < 1.29 is 19.4 Å². The van der Waals surface area contributed by atoms with Gasteiger partial charge in [0, 0.05) is 22.3 Å². The first-order valence-corrected chi connectivity index (χ1v) is 13.1. The average Bonchev–Trinajstić information content (AvgIpc) is 2.94. The Morgan fingerprint density at radius 2 is 0.944 bits per heavy atom. The molecule has 2 saturated heterocycles. The number of carbonyl (C=O) groups excluding carboxylic acids is 2. The zero-order chi connectivity index (χ0) is 24.7. The maximum Gasteiger partial charge on any atom is 0.254 e. The van der Waals surface area contributed by atoms with Crippen molar-refractivity contribution in [3.63, 3.8) is 0 Å². The molecule has 6 heteroatoms. The molecule has 2 N–H and O–H groups in total. The van der Waals surface area contributed by atoms with Gasteiger partial charge in [-0.15, -0.1) is 0 Å². The Bertz CT molecular complexity index is 1060. The maximum absolute atomic E-state index is 13.2. The molecule has 5 rings (SSSR count). The Hall–Kier alpha value is -3.48. The third kappa shape index (κ3) is 6.01. The third-order valence-corrected chi connectivity index (χ3v) is 7.47. The Kier molecular flexibility index (Phi) is 7.74. The normalized spacial score (nSPS) is 17.2. The largest absolute Gasteiger partial charge is 0.328 e. The fourth-order valence-electron chi connectivity index (χ4n) is 5.33. The number of rotatable bonds is 6. The van der Waals surface area contributed by atoms with Gasteiger partial charge in [0.15, 0.2) is 0 Å². The van der Waals surface area contributed by atoms with E-state index in [1.165, 1.54) is 20.9 Å². The summed E-state index contributed by atoms with van der Waals surface area (Å²) < 4.78 is 0. The van der Waals surface area contributed by atoms with E-state index in [2.05, 4.69) is 48.5 Å². The van der Waals surface area contributed by atoms with Crippen molar-refractivity contribution in [3.8, 4) is 0 Å². The lowest BCUT2D eigenvalue weighted by Gasteiger charge is -2.33. The summed E-state index contributed by atoms with van der Waals surface area (Å²) in [5.74, 6) is 0.0565. The fourth-order valence-corrected chi connectivity index (χ4v) is 5.33. The van der Waals surface area contributed by atoms with Crippen molar-refractivity contribution in [2.75, 3.05) is 52.4 Å². The van der Waals surface area contributed by atoms with Crippen molar-refractivity contribution in [2.45, 2.75) is 13.1 Å². The van der Waals surface area contributed by atoms with Crippen LogP contribution in [0.1, 0.15) is 31.8 Å². The molecule has 2 fully saturated rings. The molecular formula is C30H36N4O2+2. The van der Waals surface area contributed by atoms with Crippen LogP contribution in [0.25, 0.3) is 0 Å². The quantitative estimate of drug-likeness (QED) is 0.543. The highest BCUT2D eigenvalue weighted by Gasteiger charge is 2.27. The fraction of sp³-hybridized carbons (Fsp3) is 0.333. The smallest absolute Gasteiger partial charge is 0.254 e. The van der Waals surface area contributed by atoms with Gasteiger partial charge in [-0.3, -0.25) is 9.59 Å². The summed E-state index contributed by atoms with van der Waals surface area (Å²) in [7, 11) is 0. The number of carbonyl (C=O) groups is 2. The van der Waals surface area contributed by atoms with Gasteiger partial charge >= 0.3 is 0 Å². The molecule has 3 aromatic carbocycles. The number of hydrogen-bond acceptors (Lipinski definition) is 2. The van der Waals surface area contributed by atoms with E-state index in [1.807, 2.05) is 40.1 Å². The monoisotopic (exact) mass is 484 g/mol. The molecule has 0 saturated carbocycles. The molecule has 36 heavy (non-hydrogen) atoms. The molecule has 2 amide bonds. The summed E-state index contributed by atoms with van der Waals surface area (Å²) in [6.07, 6.45) is 0. The second kappa shape index (κ2) is 11.5. The van der Waals surface area contributed by atoms with E-state index < -0.39 is 0 Å². The van der Waals surface area contributed by atoms with E-state index in [1.54, 1.807) is 6.07 Å². The molecule has 6 nitrogen and oxygen atoms in total. The van der Waals surface area contributed by atoms with Crippen LogP contribution < -0.4 is 9.80 Å². The van der Waals surface area contributed by atoms with Crippen LogP contribution in [0.15, 0.2) is 84.9 Å². The predicted molar refractivity (Wildman–Crippen MR) is 140 cm³/mol. The zero-order valence-corrected chi connectivity index (χ0v) is 20.9. The van der Waals surface area contributed by atoms with E-state index >= 15 is 0 Å². The average molecular weight is 485 g/mol. The number of nitrogens with zero attached hydrogens (tertiary/aromatic N) is 2. The lowest BCUT2D eigenvalue weighted by atomic mass is 10.1. The number of benzene rings is 3. The van der Waals surface area contributed by atoms with Crippen LogP contribution in [0.2, 0.25) is 0 Å². The van der Waals surface area contributed by atoms with Crippen molar-refractivity contribution in [2.24, 2.45) is 0 Å². The molecule has 2 aliphatic heterocycles. The van der Waals surface area contributed by atoms with E-state index in [0.29, 0.717) is 11.1 Å². The minimum absolute atomic E-state index is 0.0283. The van der Waals surface area contributed by atoms with Crippen LogP contribution in [0.3, 0.4) is 0 Å². The molecule has 186 valence electrons. The number of nitrogens with one attached hydrogen (secondary N) is 2. The van der Waals surface area contributed by atoms with Gasteiger partial charge in [0.25, 0.3) is 11.8 Å². The van der Waals surface area contributed by atoms with Gasteiger partial charge < -0.3 is 19.6 Å². The molecule has 3 aromatic rings. The van der Waals surface area contributed by atoms with Crippen LogP contribution in [0, 0.1) is 0 Å². The molecule has 0 atom stereocenters. The first kappa shape index (κ1) is 24.2. The predicted octanol–water partition coefficient (Wildman–Crippen LogP) is 0.768. The van der Waals surface area contributed by atoms with Crippen molar-refractivity contribution in [1.29, 1.82) is 0 Å². The first-order valence-electron chi connectivity index (χ1n) is 13.1. The number of amides is 2. The van der Waals surface area contributed by atoms with Crippen LogP contribution in [0.4, 0.5) is 0 Å². The summed E-state index contributed by atoms with van der Waals surface area (Å²) in [4.78, 5) is 33.3. The lowest BCUT2D eigenvalue weighted by molar-refractivity contribution is -0.917. The SMILES string of the molecule is O=C(c1cccc(C(=O)N2CC[NH+](Cc3ccccc3)CC2)c1)N1CC[NH+](Cc2ccccc2)CC1. The van der Waals surface area contributed by atoms with E-state index in [-0.39, 0.29) is 11.8 Å². The van der Waals surface area contributed by atoms with Gasteiger partial charge in [-0.1, -0.05) is 66.7 Å². The standard InChI is InChI=1S/C30H34N4O2/c35-29(33-18-14-31(15-19-33)23-25-8-3-1-4-9-25)27-12-7-13-28(22-27)30(36)34-20-16-32(17-21-34)24-26-10-5-2-6-11-26/h1-13,22H,14-21,23-24H2/p+2. The summed E-state index contributed by atoms with van der Waals surface area (Å²) >= 11 is 0. The Balaban J connectivity index is 1.13. The molecule has 2 heterocycles. The Labute approximate surface area is 213 Å². The van der Waals surface area contributed by atoms with Gasteiger partial charge in [0.1, 0.15) is 13.1 Å². The zero-order valence-electron chi connectivity index (χ0n) is 20.9. The topological polar surface area (TPSA) is 49.5 Å². The van der Waals surface area contributed by atoms with Gasteiger partial charge in [-0.2, -0.15) is 0 Å². The van der Waals surface area contributed by atoms with Gasteiger partial charge in [-0.25, -0.2) is 0 Å². The van der Waals surface area contributed by atoms with Crippen LogP contribution in [0.5, 0.6) is 0 Å². The van der Waals surface area contributed by atoms with Crippen molar-refractivity contribution in [1.82, 2.24) is 9.80 Å². The van der Waals surface area contributed by atoms with Gasteiger partial charge in [0.05, 0.1) is 52.4 Å². The van der Waals surface area contributed by atoms with Crippen LogP contribution in [-0.2, 0) is 13.1 Å². The van der Waals surface area contributed by atoms with E-state index in [4.69, 9.17) is 0 Å². The van der Waals surface area contributed by atoms with Gasteiger partial charge in [-0.05, 0) is 18.2 Å². The van der Waals surface area contributed by atoms with Crippen molar-refractivity contribution in [3.05, 3.63) is 107 Å². The first-order chi connectivity index (χ1) is 17.7. The molecular weight excluding hydrogens is 448 g/mol. The van der Waals surface area contributed by atoms with Crippen LogP contribution in [-0.4, -0.2) is 74.0 Å². The number of piperazine rings is 2. The highest BCUT2D eigenvalue weighted by atomic mass is 16.2. The summed E-state index contributed by atoms with van der Waals surface area (Å²) in [5, 5.41) is 0. The molecule has 0 bridgehead atoms. The second-order valence-electron chi connectivity index (χ2n) is 9.99. The number of quaternary nitrogens is 2. The summed E-state index contributed by atoms with van der Waals surface area (Å²) in [5.41, 5.74) is 3.89. The second-order valence-corrected chi connectivity index (χ2v) is 9.99. The molecule has 2 aliphatic rings. The van der Waals surface area contributed by atoms with E-state index in [0.717, 1.165) is 65.4 Å². The molecule has 0 aliphatic carbocycles. The minimum atomic E-state index is 0.0283. The third-order valence-electron chi connectivity index (χ3n) is 7.47. The molecule has 0 aromatic heterocycles. The van der Waals surface area contributed by atoms with E-state index in [9.17, 15) is 9.59 Å². The van der Waals surface area contributed by atoms with Crippen molar-refractivity contribution >= 4 is 11.8 Å². The molecule has 0 spiro atoms. The maximum atomic E-state index is 13.2. The number of hydrogen-bond donors (Lipinski definition) is 2. The van der Waals surface area contributed by atoms with Gasteiger partial charge in [0.2, 0.25) is 0 Å². The highest BCUT2D eigenvalue weighted by Crippen LogP contribution is 2.12. The summed E-state index contributed by atoms with van der Waals surface area (Å²) in [6, 6.07) is 28.4. The Morgan fingerprint density at radius 1 is 0.556 bits per heavy atom. The highest BCUT2D eigenvalue weighted by molar-refractivity contribution is 5.99. The summed E-state index contributed by atoms with van der Waals surface area (Å²) in [6.45, 7) is 8.71. The molecule has 0 radical (unpaired) electrons. The lowest BCUT2D eigenvalue weighted by Crippen LogP contribution is -3.13. The molecule has 0 unspecified atom stereocenters.